The Morgan fingerprint density at radius 3 is 1.95 bits per heavy atom. The number of hydrogen-bond acceptors (Lipinski definition) is 3. The van der Waals surface area contributed by atoms with E-state index in [2.05, 4.69) is 71.8 Å². The maximum Gasteiger partial charge on any atom is 0.200 e. The van der Waals surface area contributed by atoms with E-state index >= 15 is 0 Å². The zero-order valence-electron chi connectivity index (χ0n) is 14.7. The molecule has 0 atom stereocenters. The molecule has 0 aromatic carbocycles. The Morgan fingerprint density at radius 1 is 1.05 bits per heavy atom. The van der Waals surface area contributed by atoms with Crippen molar-refractivity contribution < 1.29 is 4.43 Å². The molecular formula is C15H36N2OSi. The van der Waals surface area contributed by atoms with Gasteiger partial charge in [0.15, 0.2) is 8.32 Å². The summed E-state index contributed by atoms with van der Waals surface area (Å²) in [4.78, 5) is 2.56. The summed E-state index contributed by atoms with van der Waals surface area (Å²) in [6.07, 6.45) is 1.09. The van der Waals surface area contributed by atoms with Gasteiger partial charge in [0.05, 0.1) is 0 Å². The first-order chi connectivity index (χ1) is 8.37. The molecule has 0 rings (SSSR count). The maximum atomic E-state index is 5.98. The molecule has 0 radical (unpaired) electrons. The Hall–Kier alpha value is 0.0969. The van der Waals surface area contributed by atoms with Crippen molar-refractivity contribution in [1.29, 1.82) is 0 Å². The number of nitrogens with zero attached hydrogens (tertiary/aromatic N) is 1. The molecule has 0 heterocycles. The number of rotatable bonds is 7. The van der Waals surface area contributed by atoms with Gasteiger partial charge in [-0.1, -0.05) is 0 Å². The van der Waals surface area contributed by atoms with Gasteiger partial charge in [0.25, 0.3) is 0 Å². The van der Waals surface area contributed by atoms with Crippen LogP contribution in [0.15, 0.2) is 0 Å². The predicted molar refractivity (Wildman–Crippen MR) is 88.2 cm³/mol. The summed E-state index contributed by atoms with van der Waals surface area (Å²) in [5.74, 6) is 0. The molecule has 0 aliphatic heterocycles. The molecule has 0 aromatic heterocycles. The van der Waals surface area contributed by atoms with E-state index in [0.29, 0.717) is 0 Å². The minimum Gasteiger partial charge on any atom is -0.416 e. The van der Waals surface area contributed by atoms with E-state index in [4.69, 9.17) is 4.43 Å². The van der Waals surface area contributed by atoms with E-state index in [9.17, 15) is 0 Å². The molecule has 19 heavy (non-hydrogen) atoms. The van der Waals surface area contributed by atoms with Crippen molar-refractivity contribution in [3.8, 4) is 0 Å². The van der Waals surface area contributed by atoms with E-state index in [0.717, 1.165) is 25.9 Å². The molecule has 0 amide bonds. The van der Waals surface area contributed by atoms with Gasteiger partial charge < -0.3 is 9.74 Å². The quantitative estimate of drug-likeness (QED) is 0.728. The van der Waals surface area contributed by atoms with Gasteiger partial charge in [-0.25, -0.2) is 0 Å². The van der Waals surface area contributed by atoms with Crippen LogP contribution in [0.4, 0.5) is 0 Å². The van der Waals surface area contributed by atoms with Crippen molar-refractivity contribution in [2.75, 3.05) is 25.9 Å². The van der Waals surface area contributed by atoms with Gasteiger partial charge in [0.2, 0.25) is 0 Å². The molecule has 0 unspecified atom stereocenters. The Bertz CT molecular complexity index is 254. The Labute approximate surface area is 122 Å². The molecule has 4 heteroatoms. The molecule has 0 spiro atoms. The van der Waals surface area contributed by atoms with Crippen molar-refractivity contribution in [1.82, 2.24) is 10.2 Å². The van der Waals surface area contributed by atoms with Gasteiger partial charge in [-0.3, -0.25) is 4.90 Å². The fourth-order valence-corrected chi connectivity index (χ4v) is 4.54. The minimum atomic E-state index is -1.57. The van der Waals surface area contributed by atoms with Gasteiger partial charge in [-0.15, -0.1) is 0 Å². The lowest BCUT2D eigenvalue weighted by molar-refractivity contribution is 0.147. The summed E-state index contributed by atoms with van der Waals surface area (Å²) < 4.78 is 5.98. The summed E-state index contributed by atoms with van der Waals surface area (Å²) >= 11 is 0. The SMILES string of the molecule is CCO[Si](C)(C)CN(CCNC(C)(C)C)C(C)(C)C. The second-order valence-electron chi connectivity index (χ2n) is 7.96. The molecule has 0 fully saturated rings. The van der Waals surface area contributed by atoms with Crippen LogP contribution in [-0.2, 0) is 4.43 Å². The summed E-state index contributed by atoms with van der Waals surface area (Å²) in [6, 6.07) is 0. The van der Waals surface area contributed by atoms with Crippen molar-refractivity contribution in [2.24, 2.45) is 0 Å². The van der Waals surface area contributed by atoms with Crippen LogP contribution < -0.4 is 5.32 Å². The summed E-state index contributed by atoms with van der Waals surface area (Å²) in [7, 11) is -1.57. The number of nitrogens with one attached hydrogen (secondary N) is 1. The smallest absolute Gasteiger partial charge is 0.200 e. The molecule has 0 bridgehead atoms. The molecule has 1 N–H and O–H groups in total. The maximum absolute atomic E-state index is 5.98. The first-order valence-electron chi connectivity index (χ1n) is 7.51. The lowest BCUT2D eigenvalue weighted by Crippen LogP contribution is -2.54. The van der Waals surface area contributed by atoms with E-state index in [1.54, 1.807) is 0 Å². The van der Waals surface area contributed by atoms with Gasteiger partial charge >= 0.3 is 0 Å². The third-order valence-electron chi connectivity index (χ3n) is 3.09. The minimum absolute atomic E-state index is 0.191. The Kier molecular flexibility index (Phi) is 7.24. The largest absolute Gasteiger partial charge is 0.416 e. The van der Waals surface area contributed by atoms with Crippen LogP contribution >= 0.6 is 0 Å². The summed E-state index contributed by atoms with van der Waals surface area (Å²) in [5.41, 5.74) is 0.386. The fourth-order valence-electron chi connectivity index (χ4n) is 2.11. The highest BCUT2D eigenvalue weighted by atomic mass is 28.4. The van der Waals surface area contributed by atoms with Crippen LogP contribution in [0.3, 0.4) is 0 Å². The molecule has 0 aliphatic rings. The Morgan fingerprint density at radius 2 is 1.58 bits per heavy atom. The van der Waals surface area contributed by atoms with Crippen molar-refractivity contribution in [3.05, 3.63) is 0 Å². The highest BCUT2D eigenvalue weighted by Gasteiger charge is 2.31. The zero-order chi connectivity index (χ0) is 15.3. The van der Waals surface area contributed by atoms with E-state index < -0.39 is 8.32 Å². The number of hydrogen-bond donors (Lipinski definition) is 1. The van der Waals surface area contributed by atoms with Crippen molar-refractivity contribution in [3.63, 3.8) is 0 Å². The molecule has 0 saturated heterocycles. The van der Waals surface area contributed by atoms with Crippen molar-refractivity contribution >= 4 is 8.32 Å². The second-order valence-corrected chi connectivity index (χ2v) is 12.1. The Balaban J connectivity index is 4.50. The van der Waals surface area contributed by atoms with Gasteiger partial charge in [0.1, 0.15) is 0 Å². The third-order valence-corrected chi connectivity index (χ3v) is 5.31. The van der Waals surface area contributed by atoms with Crippen LogP contribution in [0.5, 0.6) is 0 Å². The van der Waals surface area contributed by atoms with E-state index in [1.807, 2.05) is 0 Å². The normalized spacial score (nSPS) is 14.2. The molecular weight excluding hydrogens is 252 g/mol. The van der Waals surface area contributed by atoms with Crippen LogP contribution in [0.2, 0.25) is 13.1 Å². The lowest BCUT2D eigenvalue weighted by Gasteiger charge is -2.40. The first-order valence-corrected chi connectivity index (χ1v) is 10.6. The monoisotopic (exact) mass is 288 g/mol. The van der Waals surface area contributed by atoms with Crippen molar-refractivity contribution in [2.45, 2.75) is 72.6 Å². The summed E-state index contributed by atoms with van der Waals surface area (Å²) in [6.45, 7) is 23.2. The standard InChI is InChI=1S/C15H36N2OSi/c1-10-18-19(8,9)13-17(15(5,6)7)12-11-16-14(2,3)4/h16H,10-13H2,1-9H3. The van der Waals surface area contributed by atoms with E-state index in [1.165, 1.54) is 0 Å². The van der Waals surface area contributed by atoms with Crippen LogP contribution in [0.1, 0.15) is 48.5 Å². The van der Waals surface area contributed by atoms with E-state index in [-0.39, 0.29) is 11.1 Å². The van der Waals surface area contributed by atoms with Crippen LogP contribution in [0, 0.1) is 0 Å². The average molecular weight is 289 g/mol. The first kappa shape index (κ1) is 19.1. The molecule has 0 aromatic rings. The topological polar surface area (TPSA) is 24.5 Å². The summed E-state index contributed by atoms with van der Waals surface area (Å²) in [5, 5.41) is 3.58. The highest BCUT2D eigenvalue weighted by Crippen LogP contribution is 2.17. The second kappa shape index (κ2) is 7.20. The fraction of sp³-hybridized carbons (Fsp3) is 1.00. The zero-order valence-corrected chi connectivity index (χ0v) is 15.7. The van der Waals surface area contributed by atoms with Gasteiger partial charge in [-0.2, -0.15) is 0 Å². The molecule has 0 saturated carbocycles. The average Bonchev–Trinajstić information content (AvgIpc) is 2.12. The van der Waals surface area contributed by atoms with Gasteiger partial charge in [0, 0.05) is 36.9 Å². The van der Waals surface area contributed by atoms with Gasteiger partial charge in [-0.05, 0) is 61.6 Å². The predicted octanol–water partition coefficient (Wildman–Crippen LogP) is 3.26. The molecule has 3 nitrogen and oxygen atoms in total. The van der Waals surface area contributed by atoms with Crippen LogP contribution in [0.25, 0.3) is 0 Å². The molecule has 116 valence electrons. The highest BCUT2D eigenvalue weighted by molar-refractivity contribution is 6.71. The van der Waals surface area contributed by atoms with Crippen LogP contribution in [-0.4, -0.2) is 50.2 Å². The lowest BCUT2D eigenvalue weighted by atomic mass is 10.1. The third kappa shape index (κ3) is 9.60. The molecule has 0 aliphatic carbocycles.